The highest BCUT2D eigenvalue weighted by atomic mass is 79.9. The third-order valence-electron chi connectivity index (χ3n) is 2.76. The Bertz CT molecular complexity index is 542. The molecule has 0 saturated heterocycles. The molecule has 96 valence electrons. The number of hydrogen-bond donors (Lipinski definition) is 1. The molecule has 0 aliphatic heterocycles. The summed E-state index contributed by atoms with van der Waals surface area (Å²) in [6.07, 6.45) is 3.05. The molecule has 0 radical (unpaired) electrons. The van der Waals surface area contributed by atoms with Crippen LogP contribution in [0.5, 0.6) is 0 Å². The number of hydrogen-bond acceptors (Lipinski definition) is 2. The first-order valence-corrected chi connectivity index (χ1v) is 6.53. The molecular formula is C13H14BrFN2O. The first-order chi connectivity index (χ1) is 8.60. The quantitative estimate of drug-likeness (QED) is 0.942. The second kappa shape index (κ2) is 5.63. The van der Waals surface area contributed by atoms with Gasteiger partial charge in [0.2, 0.25) is 0 Å². The van der Waals surface area contributed by atoms with E-state index < -0.39 is 11.9 Å². The predicted molar refractivity (Wildman–Crippen MR) is 70.7 cm³/mol. The zero-order valence-electron chi connectivity index (χ0n) is 9.98. The van der Waals surface area contributed by atoms with Crippen LogP contribution >= 0.6 is 15.9 Å². The van der Waals surface area contributed by atoms with Gasteiger partial charge in [-0.25, -0.2) is 4.39 Å². The van der Waals surface area contributed by atoms with Crippen LogP contribution in [-0.4, -0.2) is 14.9 Å². The Labute approximate surface area is 113 Å². The summed E-state index contributed by atoms with van der Waals surface area (Å²) in [4.78, 5) is 0. The van der Waals surface area contributed by atoms with Gasteiger partial charge in [0.05, 0.1) is 12.3 Å². The Hall–Kier alpha value is -1.20. The van der Waals surface area contributed by atoms with E-state index in [9.17, 15) is 9.50 Å². The van der Waals surface area contributed by atoms with E-state index in [0.29, 0.717) is 12.0 Å². The third kappa shape index (κ3) is 2.97. The van der Waals surface area contributed by atoms with Crippen LogP contribution in [0.1, 0.15) is 24.2 Å². The molecule has 0 amide bonds. The number of benzene rings is 1. The van der Waals surface area contributed by atoms with Crippen molar-refractivity contribution in [2.45, 2.75) is 26.0 Å². The molecule has 1 N–H and O–H groups in total. The largest absolute Gasteiger partial charge is 0.388 e. The lowest BCUT2D eigenvalue weighted by Crippen LogP contribution is -2.04. The molecule has 1 unspecified atom stereocenters. The molecule has 2 rings (SSSR count). The summed E-state index contributed by atoms with van der Waals surface area (Å²) in [5.74, 6) is -0.395. The van der Waals surface area contributed by atoms with E-state index in [1.807, 2.05) is 13.1 Å². The fourth-order valence-electron chi connectivity index (χ4n) is 1.79. The minimum absolute atomic E-state index is 0.300. The average molecular weight is 313 g/mol. The minimum atomic E-state index is -0.864. The maximum absolute atomic E-state index is 13.6. The second-order valence-corrected chi connectivity index (χ2v) is 5.01. The molecule has 1 atom stereocenters. The van der Waals surface area contributed by atoms with Crippen molar-refractivity contribution in [3.05, 3.63) is 52.0 Å². The van der Waals surface area contributed by atoms with Crippen molar-refractivity contribution >= 4 is 15.9 Å². The monoisotopic (exact) mass is 312 g/mol. The number of aryl methyl sites for hydroxylation is 1. The molecule has 0 saturated carbocycles. The number of aliphatic hydroxyl groups is 1. The molecule has 0 fully saturated rings. The van der Waals surface area contributed by atoms with Crippen LogP contribution in [0.25, 0.3) is 0 Å². The van der Waals surface area contributed by atoms with Crippen molar-refractivity contribution in [3.63, 3.8) is 0 Å². The van der Waals surface area contributed by atoms with Crippen LogP contribution in [0.2, 0.25) is 0 Å². The summed E-state index contributed by atoms with van der Waals surface area (Å²) in [7, 11) is 0. The third-order valence-corrected chi connectivity index (χ3v) is 3.25. The molecule has 3 nitrogen and oxygen atoms in total. The molecule has 18 heavy (non-hydrogen) atoms. The molecule has 1 aromatic carbocycles. The summed E-state index contributed by atoms with van der Waals surface area (Å²) in [5.41, 5.74) is 1.19. The Morgan fingerprint density at radius 3 is 2.94 bits per heavy atom. The van der Waals surface area contributed by atoms with Gasteiger partial charge in [-0.3, -0.25) is 4.68 Å². The van der Waals surface area contributed by atoms with Crippen molar-refractivity contribution in [1.29, 1.82) is 0 Å². The Morgan fingerprint density at radius 2 is 2.28 bits per heavy atom. The van der Waals surface area contributed by atoms with Gasteiger partial charge in [-0.05, 0) is 30.7 Å². The molecular weight excluding hydrogens is 299 g/mol. The van der Waals surface area contributed by atoms with Crippen molar-refractivity contribution in [3.8, 4) is 0 Å². The van der Waals surface area contributed by atoms with E-state index in [1.54, 1.807) is 23.0 Å². The number of nitrogens with zero attached hydrogens (tertiary/aromatic N) is 2. The van der Waals surface area contributed by atoms with Crippen LogP contribution in [0.3, 0.4) is 0 Å². The maximum Gasteiger partial charge on any atom is 0.129 e. The standard InChI is InChI=1S/C13H14BrFN2O/c1-2-17-8-9(7-16-17)5-13(18)11-6-10(14)3-4-12(11)15/h3-4,6-8,13,18H,2,5H2,1H3. The molecule has 0 aliphatic rings. The maximum atomic E-state index is 13.6. The Balaban J connectivity index is 2.16. The van der Waals surface area contributed by atoms with Crippen LogP contribution in [0, 0.1) is 5.82 Å². The van der Waals surface area contributed by atoms with E-state index in [1.165, 1.54) is 6.07 Å². The van der Waals surface area contributed by atoms with Gasteiger partial charge < -0.3 is 5.11 Å². The van der Waals surface area contributed by atoms with Crippen molar-refractivity contribution in [2.24, 2.45) is 0 Å². The van der Waals surface area contributed by atoms with E-state index in [2.05, 4.69) is 21.0 Å². The Kier molecular flexibility index (Phi) is 4.14. The Morgan fingerprint density at radius 1 is 1.50 bits per heavy atom. The lowest BCUT2D eigenvalue weighted by molar-refractivity contribution is 0.173. The summed E-state index contributed by atoms with van der Waals surface area (Å²) in [6, 6.07) is 4.56. The first-order valence-electron chi connectivity index (χ1n) is 5.74. The van der Waals surface area contributed by atoms with E-state index >= 15 is 0 Å². The fraction of sp³-hybridized carbons (Fsp3) is 0.308. The topological polar surface area (TPSA) is 38.0 Å². The highest BCUT2D eigenvalue weighted by Crippen LogP contribution is 2.24. The molecule has 1 heterocycles. The molecule has 5 heteroatoms. The number of aliphatic hydroxyl groups excluding tert-OH is 1. The zero-order chi connectivity index (χ0) is 13.1. The highest BCUT2D eigenvalue weighted by Gasteiger charge is 2.14. The van der Waals surface area contributed by atoms with Crippen LogP contribution in [0.4, 0.5) is 4.39 Å². The van der Waals surface area contributed by atoms with E-state index in [-0.39, 0.29) is 0 Å². The first kappa shape index (κ1) is 13.2. The number of aromatic nitrogens is 2. The summed E-state index contributed by atoms with van der Waals surface area (Å²) in [6.45, 7) is 2.77. The molecule has 1 aromatic heterocycles. The van der Waals surface area contributed by atoms with Crippen LogP contribution in [-0.2, 0) is 13.0 Å². The summed E-state index contributed by atoms with van der Waals surface area (Å²) < 4.78 is 16.1. The molecule has 0 aliphatic carbocycles. The smallest absolute Gasteiger partial charge is 0.129 e. The van der Waals surface area contributed by atoms with Crippen molar-refractivity contribution < 1.29 is 9.50 Å². The van der Waals surface area contributed by atoms with Gasteiger partial charge >= 0.3 is 0 Å². The second-order valence-electron chi connectivity index (χ2n) is 4.09. The predicted octanol–water partition coefficient (Wildman–Crippen LogP) is 3.08. The van der Waals surface area contributed by atoms with Gasteiger partial charge in [-0.1, -0.05) is 15.9 Å². The van der Waals surface area contributed by atoms with Crippen molar-refractivity contribution in [2.75, 3.05) is 0 Å². The SMILES string of the molecule is CCn1cc(CC(O)c2cc(Br)ccc2F)cn1. The lowest BCUT2D eigenvalue weighted by Gasteiger charge is -2.11. The van der Waals surface area contributed by atoms with E-state index in [4.69, 9.17) is 0 Å². The lowest BCUT2D eigenvalue weighted by atomic mass is 10.0. The van der Waals surface area contributed by atoms with Gasteiger partial charge in [0, 0.05) is 29.2 Å². The van der Waals surface area contributed by atoms with Crippen LogP contribution < -0.4 is 0 Å². The van der Waals surface area contributed by atoms with Gasteiger partial charge in [0.15, 0.2) is 0 Å². The van der Waals surface area contributed by atoms with Gasteiger partial charge in [0.1, 0.15) is 5.82 Å². The zero-order valence-corrected chi connectivity index (χ0v) is 11.6. The summed E-state index contributed by atoms with van der Waals surface area (Å²) >= 11 is 3.27. The number of halogens is 2. The fourth-order valence-corrected chi connectivity index (χ4v) is 2.17. The normalized spacial score (nSPS) is 12.7. The van der Waals surface area contributed by atoms with Gasteiger partial charge in [0.25, 0.3) is 0 Å². The van der Waals surface area contributed by atoms with Crippen molar-refractivity contribution in [1.82, 2.24) is 9.78 Å². The van der Waals surface area contributed by atoms with E-state index in [0.717, 1.165) is 16.6 Å². The number of rotatable bonds is 4. The minimum Gasteiger partial charge on any atom is -0.388 e. The molecule has 0 spiro atoms. The van der Waals surface area contributed by atoms with Crippen LogP contribution in [0.15, 0.2) is 35.1 Å². The van der Waals surface area contributed by atoms with Gasteiger partial charge in [-0.15, -0.1) is 0 Å². The molecule has 0 bridgehead atoms. The average Bonchev–Trinajstić information content (AvgIpc) is 2.80. The summed E-state index contributed by atoms with van der Waals surface area (Å²) in [5, 5.41) is 14.2. The highest BCUT2D eigenvalue weighted by molar-refractivity contribution is 9.10. The molecule has 2 aromatic rings. The van der Waals surface area contributed by atoms with Gasteiger partial charge in [-0.2, -0.15) is 5.10 Å².